The fraction of sp³-hybridized carbons (Fsp3) is 0.450. The van der Waals surface area contributed by atoms with Gasteiger partial charge in [-0.1, -0.05) is 6.07 Å². The molecule has 12 heteroatoms. The van der Waals surface area contributed by atoms with E-state index in [-0.39, 0.29) is 23.4 Å². The Bertz CT molecular complexity index is 1060. The third-order valence-corrected chi connectivity index (χ3v) is 5.40. The summed E-state index contributed by atoms with van der Waals surface area (Å²) in [5, 5.41) is 18.1. The first-order valence-corrected chi connectivity index (χ1v) is 11.0. The number of benzene rings is 1. The number of nitrogens with one attached hydrogen (secondary N) is 1. The molecule has 0 spiro atoms. The summed E-state index contributed by atoms with van der Waals surface area (Å²) >= 11 is 0. The molecule has 178 valence electrons. The maximum absolute atomic E-state index is 14.3. The predicted octanol–water partition coefficient (Wildman–Crippen LogP) is 2.55. The van der Waals surface area contributed by atoms with Crippen molar-refractivity contribution in [3.63, 3.8) is 0 Å². The molecule has 2 aromatic rings. The van der Waals surface area contributed by atoms with Crippen LogP contribution in [0.5, 0.6) is 5.75 Å². The minimum atomic E-state index is -4.70. The van der Waals surface area contributed by atoms with Crippen LogP contribution in [-0.4, -0.2) is 43.3 Å². The van der Waals surface area contributed by atoms with Gasteiger partial charge in [-0.25, -0.2) is 22.9 Å². The molecule has 4 N–H and O–H groups in total. The lowest BCUT2D eigenvalue weighted by atomic mass is 9.94. The molecular formula is C20H25F4N3O4S. The highest BCUT2D eigenvalue weighted by Gasteiger charge is 2.36. The number of nitrogens with two attached hydrogens (primary N) is 1. The Morgan fingerprint density at radius 2 is 1.91 bits per heavy atom. The molecule has 1 atom stereocenters. The lowest BCUT2D eigenvalue weighted by molar-refractivity contribution is -0.142. The normalized spacial score (nSPS) is 13.8. The molecule has 0 aliphatic rings. The van der Waals surface area contributed by atoms with Gasteiger partial charge in [0.1, 0.15) is 18.5 Å². The van der Waals surface area contributed by atoms with Gasteiger partial charge in [0, 0.05) is 18.3 Å². The van der Waals surface area contributed by atoms with Crippen LogP contribution in [0.1, 0.15) is 30.7 Å². The first-order chi connectivity index (χ1) is 14.6. The number of rotatable bonds is 9. The molecule has 1 heterocycles. The molecule has 1 aromatic carbocycles. The van der Waals surface area contributed by atoms with E-state index in [0.717, 1.165) is 12.3 Å². The van der Waals surface area contributed by atoms with Gasteiger partial charge in [0.2, 0.25) is 10.0 Å². The number of primary sulfonamides is 1. The fourth-order valence-electron chi connectivity index (χ4n) is 2.89. The third kappa shape index (κ3) is 7.40. The molecule has 0 amide bonds. The Hall–Kier alpha value is -2.28. The number of hydrogen-bond acceptors (Lipinski definition) is 6. The van der Waals surface area contributed by atoms with Crippen molar-refractivity contribution in [1.82, 2.24) is 10.3 Å². The summed E-state index contributed by atoms with van der Waals surface area (Å²) in [6.07, 6.45) is -4.65. The topological polar surface area (TPSA) is 115 Å². The van der Waals surface area contributed by atoms with Gasteiger partial charge in [-0.2, -0.15) is 13.2 Å². The number of hydrogen-bond donors (Lipinski definition) is 3. The quantitative estimate of drug-likeness (QED) is 0.477. The van der Waals surface area contributed by atoms with E-state index < -0.39 is 51.7 Å². The highest BCUT2D eigenvalue weighted by atomic mass is 32.2. The van der Waals surface area contributed by atoms with E-state index in [1.807, 2.05) is 0 Å². The fourth-order valence-corrected chi connectivity index (χ4v) is 3.42. The largest absolute Gasteiger partial charge is 0.489 e. The molecule has 0 aliphatic heterocycles. The Kier molecular flexibility index (Phi) is 7.87. The van der Waals surface area contributed by atoms with E-state index in [1.54, 1.807) is 20.8 Å². The van der Waals surface area contributed by atoms with Crippen LogP contribution in [0.2, 0.25) is 0 Å². The first-order valence-electron chi connectivity index (χ1n) is 9.49. The summed E-state index contributed by atoms with van der Waals surface area (Å²) in [6, 6.07) is 4.52. The van der Waals surface area contributed by atoms with Crippen molar-refractivity contribution in [2.45, 2.75) is 49.9 Å². The molecule has 0 fully saturated rings. The molecule has 0 aliphatic carbocycles. The summed E-state index contributed by atoms with van der Waals surface area (Å²) in [5.74, 6) is -1.23. The monoisotopic (exact) mass is 479 g/mol. The number of aliphatic hydroxyl groups is 1. The molecule has 0 saturated heterocycles. The minimum absolute atomic E-state index is 0.0511. The summed E-state index contributed by atoms with van der Waals surface area (Å²) < 4.78 is 81.2. The number of nitrogens with zero attached hydrogens (tertiary/aromatic N) is 1. The van der Waals surface area contributed by atoms with Crippen molar-refractivity contribution in [3.05, 3.63) is 53.1 Å². The number of aromatic nitrogens is 1. The molecule has 1 aromatic heterocycles. The third-order valence-electron chi connectivity index (χ3n) is 4.49. The number of pyridine rings is 1. The van der Waals surface area contributed by atoms with Crippen molar-refractivity contribution in [2.24, 2.45) is 5.14 Å². The van der Waals surface area contributed by atoms with Crippen LogP contribution in [0.15, 0.2) is 35.4 Å². The van der Waals surface area contributed by atoms with E-state index in [0.29, 0.717) is 5.56 Å². The summed E-state index contributed by atoms with van der Waals surface area (Å²) in [6.45, 7) is 4.54. The van der Waals surface area contributed by atoms with Gasteiger partial charge >= 0.3 is 6.18 Å². The van der Waals surface area contributed by atoms with Crippen LogP contribution in [0.4, 0.5) is 17.6 Å². The zero-order valence-electron chi connectivity index (χ0n) is 17.7. The van der Waals surface area contributed by atoms with E-state index in [2.05, 4.69) is 10.3 Å². The van der Waals surface area contributed by atoms with Gasteiger partial charge in [0.05, 0.1) is 4.90 Å². The molecular weight excluding hydrogens is 454 g/mol. The van der Waals surface area contributed by atoms with Crippen molar-refractivity contribution < 1.29 is 35.8 Å². The Labute approximate surface area is 183 Å². The number of aryl methyl sites for hydroxylation is 1. The van der Waals surface area contributed by atoms with Crippen molar-refractivity contribution in [2.75, 3.05) is 13.2 Å². The SMILES string of the molecule is Cc1cnc(C(F)(F)F)c(OC[C@@H](O)CNC(C)(C)Cc2ccc(S(N)(=O)=O)cc2F)c1. The van der Waals surface area contributed by atoms with E-state index in [9.17, 15) is 31.1 Å². The number of β-amino-alcohol motifs (C(OH)–C–C–N with tert-alkyl or cyclic N) is 1. The maximum atomic E-state index is 14.3. The molecule has 0 radical (unpaired) electrons. The van der Waals surface area contributed by atoms with Crippen LogP contribution < -0.4 is 15.2 Å². The molecule has 7 nitrogen and oxygen atoms in total. The number of sulfonamides is 1. The molecule has 0 unspecified atom stereocenters. The Morgan fingerprint density at radius 1 is 1.25 bits per heavy atom. The lowest BCUT2D eigenvalue weighted by Crippen LogP contribution is -2.46. The second-order valence-electron chi connectivity index (χ2n) is 8.06. The number of alkyl halides is 3. The average molecular weight is 479 g/mol. The second kappa shape index (κ2) is 9.69. The van der Waals surface area contributed by atoms with Crippen LogP contribution in [0.3, 0.4) is 0 Å². The first kappa shape index (κ1) is 26.0. The number of halogens is 4. The van der Waals surface area contributed by atoms with Gasteiger partial charge < -0.3 is 15.2 Å². The van der Waals surface area contributed by atoms with Crippen molar-refractivity contribution in [3.8, 4) is 5.75 Å². The van der Waals surface area contributed by atoms with Crippen molar-refractivity contribution in [1.29, 1.82) is 0 Å². The predicted molar refractivity (Wildman–Crippen MR) is 109 cm³/mol. The van der Waals surface area contributed by atoms with E-state index >= 15 is 0 Å². The number of ether oxygens (including phenoxy) is 1. The minimum Gasteiger partial charge on any atom is -0.489 e. The van der Waals surface area contributed by atoms with Gasteiger partial charge in [0.15, 0.2) is 11.4 Å². The van der Waals surface area contributed by atoms with Crippen LogP contribution >= 0.6 is 0 Å². The summed E-state index contributed by atoms with van der Waals surface area (Å²) in [5.41, 5.74) is -1.23. The molecule has 32 heavy (non-hydrogen) atoms. The van der Waals surface area contributed by atoms with Gasteiger partial charge in [0.25, 0.3) is 0 Å². The molecule has 2 rings (SSSR count). The zero-order valence-corrected chi connectivity index (χ0v) is 18.5. The standard InChI is InChI=1S/C20H25F4N3O4S/c1-12-6-17(18(26-9-12)20(22,23)24)31-11-14(28)10-27-19(2,3)8-13-4-5-15(7-16(13)21)32(25,29)30/h4-7,9,14,27-28H,8,10-11H2,1-3H3,(H2,25,29,30)/t14-/m0/s1. The molecule has 0 saturated carbocycles. The van der Waals surface area contributed by atoms with Crippen LogP contribution in [0.25, 0.3) is 0 Å². The smallest absolute Gasteiger partial charge is 0.437 e. The van der Waals surface area contributed by atoms with Gasteiger partial charge in [-0.05, 0) is 56.5 Å². The van der Waals surface area contributed by atoms with E-state index in [4.69, 9.17) is 9.88 Å². The maximum Gasteiger partial charge on any atom is 0.437 e. The van der Waals surface area contributed by atoms with Crippen LogP contribution in [-0.2, 0) is 22.6 Å². The highest BCUT2D eigenvalue weighted by molar-refractivity contribution is 7.89. The molecule has 0 bridgehead atoms. The summed E-state index contributed by atoms with van der Waals surface area (Å²) in [7, 11) is -4.03. The van der Waals surface area contributed by atoms with Crippen LogP contribution in [0, 0.1) is 12.7 Å². The van der Waals surface area contributed by atoms with Gasteiger partial charge in [-0.3, -0.25) is 0 Å². The summed E-state index contributed by atoms with van der Waals surface area (Å²) in [4.78, 5) is 3.01. The lowest BCUT2D eigenvalue weighted by Gasteiger charge is -2.28. The highest BCUT2D eigenvalue weighted by Crippen LogP contribution is 2.34. The Morgan fingerprint density at radius 3 is 2.47 bits per heavy atom. The number of aliphatic hydroxyl groups excluding tert-OH is 1. The zero-order chi connectivity index (χ0) is 24.3. The Balaban J connectivity index is 1.97. The average Bonchev–Trinajstić information content (AvgIpc) is 2.64. The second-order valence-corrected chi connectivity index (χ2v) is 9.62. The van der Waals surface area contributed by atoms with Crippen molar-refractivity contribution >= 4 is 10.0 Å². The van der Waals surface area contributed by atoms with Gasteiger partial charge in [-0.15, -0.1) is 0 Å². The van der Waals surface area contributed by atoms with E-state index in [1.165, 1.54) is 18.2 Å².